The standard InChI is InChI=1S/C14H16N2O/c1-17-13-7-3-2-5-11(13)14-12-6-4-9-16(12)10-8-15-14/h2-7,9,14-15H,8,10H2,1H3. The lowest BCUT2D eigenvalue weighted by atomic mass is 10.0. The quantitative estimate of drug-likeness (QED) is 0.852. The molecule has 0 spiro atoms. The molecule has 2 heterocycles. The van der Waals surface area contributed by atoms with Gasteiger partial charge >= 0.3 is 0 Å². The Morgan fingerprint density at radius 3 is 3.00 bits per heavy atom. The number of nitrogens with one attached hydrogen (secondary N) is 1. The van der Waals surface area contributed by atoms with E-state index in [2.05, 4.69) is 40.3 Å². The van der Waals surface area contributed by atoms with Crippen LogP contribution in [-0.2, 0) is 6.54 Å². The molecule has 0 amide bonds. The van der Waals surface area contributed by atoms with Gasteiger partial charge in [-0.25, -0.2) is 0 Å². The number of ether oxygens (including phenoxy) is 1. The summed E-state index contributed by atoms with van der Waals surface area (Å²) in [4.78, 5) is 0. The first kappa shape index (κ1) is 10.4. The van der Waals surface area contributed by atoms with Gasteiger partial charge in [0.1, 0.15) is 5.75 Å². The van der Waals surface area contributed by atoms with Crippen LogP contribution in [0.3, 0.4) is 0 Å². The fourth-order valence-corrected chi connectivity index (χ4v) is 2.50. The third-order valence-electron chi connectivity index (χ3n) is 3.31. The van der Waals surface area contributed by atoms with Crippen molar-refractivity contribution in [1.29, 1.82) is 0 Å². The largest absolute Gasteiger partial charge is 0.496 e. The molecule has 1 aromatic heterocycles. The summed E-state index contributed by atoms with van der Waals surface area (Å²) in [5.41, 5.74) is 2.51. The van der Waals surface area contributed by atoms with Crippen molar-refractivity contribution >= 4 is 0 Å². The maximum Gasteiger partial charge on any atom is 0.124 e. The van der Waals surface area contributed by atoms with Crippen LogP contribution in [0.1, 0.15) is 17.3 Å². The highest BCUT2D eigenvalue weighted by Crippen LogP contribution is 2.31. The van der Waals surface area contributed by atoms with Gasteiger partial charge in [-0.2, -0.15) is 0 Å². The van der Waals surface area contributed by atoms with Crippen molar-refractivity contribution in [2.45, 2.75) is 12.6 Å². The van der Waals surface area contributed by atoms with Gasteiger partial charge in [0.25, 0.3) is 0 Å². The number of benzene rings is 1. The average Bonchev–Trinajstić information content (AvgIpc) is 2.86. The Morgan fingerprint density at radius 2 is 2.12 bits per heavy atom. The van der Waals surface area contributed by atoms with Gasteiger partial charge in [-0.05, 0) is 18.2 Å². The van der Waals surface area contributed by atoms with E-state index in [0.717, 1.165) is 18.8 Å². The Bertz CT molecular complexity index is 518. The number of rotatable bonds is 2. The lowest BCUT2D eigenvalue weighted by molar-refractivity contribution is 0.395. The number of fused-ring (bicyclic) bond motifs is 1. The minimum Gasteiger partial charge on any atom is -0.496 e. The maximum atomic E-state index is 5.44. The first-order chi connectivity index (χ1) is 8.40. The monoisotopic (exact) mass is 228 g/mol. The molecule has 0 saturated heterocycles. The summed E-state index contributed by atoms with van der Waals surface area (Å²) < 4.78 is 7.74. The minimum atomic E-state index is 0.231. The second-order valence-corrected chi connectivity index (χ2v) is 4.26. The zero-order valence-corrected chi connectivity index (χ0v) is 9.89. The van der Waals surface area contributed by atoms with Crippen LogP contribution >= 0.6 is 0 Å². The van der Waals surface area contributed by atoms with Crippen LogP contribution in [0, 0.1) is 0 Å². The molecule has 0 bridgehead atoms. The van der Waals surface area contributed by atoms with E-state index in [4.69, 9.17) is 4.74 Å². The van der Waals surface area contributed by atoms with Crippen molar-refractivity contribution in [3.63, 3.8) is 0 Å². The van der Waals surface area contributed by atoms with Gasteiger partial charge in [0.15, 0.2) is 0 Å². The van der Waals surface area contributed by atoms with E-state index < -0.39 is 0 Å². The van der Waals surface area contributed by atoms with Crippen molar-refractivity contribution in [3.05, 3.63) is 53.9 Å². The third kappa shape index (κ3) is 1.72. The average molecular weight is 228 g/mol. The Morgan fingerprint density at radius 1 is 1.24 bits per heavy atom. The number of methoxy groups -OCH3 is 1. The number of aromatic nitrogens is 1. The number of nitrogens with zero attached hydrogens (tertiary/aromatic N) is 1. The van der Waals surface area contributed by atoms with E-state index in [1.807, 2.05) is 12.1 Å². The highest BCUT2D eigenvalue weighted by Gasteiger charge is 2.23. The molecule has 88 valence electrons. The Kier molecular flexibility index (Phi) is 2.61. The van der Waals surface area contributed by atoms with Crippen molar-refractivity contribution in [1.82, 2.24) is 9.88 Å². The summed E-state index contributed by atoms with van der Waals surface area (Å²) >= 11 is 0. The normalized spacial score (nSPS) is 18.8. The van der Waals surface area contributed by atoms with E-state index >= 15 is 0 Å². The van der Waals surface area contributed by atoms with Crippen molar-refractivity contribution < 1.29 is 4.74 Å². The predicted molar refractivity (Wildman–Crippen MR) is 67.3 cm³/mol. The van der Waals surface area contributed by atoms with Gasteiger partial charge in [-0.15, -0.1) is 0 Å². The van der Waals surface area contributed by atoms with Crippen molar-refractivity contribution in [3.8, 4) is 5.75 Å². The van der Waals surface area contributed by atoms with Crippen LogP contribution < -0.4 is 10.1 Å². The van der Waals surface area contributed by atoms with Gasteiger partial charge in [-0.3, -0.25) is 0 Å². The summed E-state index contributed by atoms with van der Waals surface area (Å²) in [6.45, 7) is 2.03. The van der Waals surface area contributed by atoms with Gasteiger partial charge < -0.3 is 14.6 Å². The number of hydrogen-bond donors (Lipinski definition) is 1. The molecule has 1 aliphatic heterocycles. The van der Waals surface area contributed by atoms with Crippen LogP contribution in [-0.4, -0.2) is 18.2 Å². The Labute approximate surface area is 101 Å². The molecule has 0 aliphatic carbocycles. The highest BCUT2D eigenvalue weighted by molar-refractivity contribution is 5.40. The summed E-state index contributed by atoms with van der Waals surface area (Å²) in [6, 6.07) is 12.7. The number of hydrogen-bond acceptors (Lipinski definition) is 2. The topological polar surface area (TPSA) is 26.2 Å². The van der Waals surface area contributed by atoms with Crippen molar-refractivity contribution in [2.75, 3.05) is 13.7 Å². The molecular weight excluding hydrogens is 212 g/mol. The fourth-order valence-electron chi connectivity index (χ4n) is 2.50. The summed E-state index contributed by atoms with van der Waals surface area (Å²) in [5.74, 6) is 0.944. The van der Waals surface area contributed by atoms with E-state index in [9.17, 15) is 0 Å². The molecule has 3 rings (SSSR count). The molecule has 3 nitrogen and oxygen atoms in total. The van der Waals surface area contributed by atoms with Gasteiger partial charge in [0, 0.05) is 30.5 Å². The first-order valence-corrected chi connectivity index (χ1v) is 5.91. The van der Waals surface area contributed by atoms with Crippen LogP contribution in [0.25, 0.3) is 0 Å². The molecule has 17 heavy (non-hydrogen) atoms. The fraction of sp³-hybridized carbons (Fsp3) is 0.286. The Hall–Kier alpha value is -1.74. The lowest BCUT2D eigenvalue weighted by Crippen LogP contribution is -2.33. The van der Waals surface area contributed by atoms with Gasteiger partial charge in [0.05, 0.1) is 13.2 Å². The second kappa shape index (κ2) is 4.26. The van der Waals surface area contributed by atoms with E-state index in [0.29, 0.717) is 0 Å². The molecule has 0 radical (unpaired) electrons. The van der Waals surface area contributed by atoms with Crippen LogP contribution in [0.5, 0.6) is 5.75 Å². The summed E-state index contributed by atoms with van der Waals surface area (Å²) in [5, 5.41) is 3.55. The molecule has 1 aliphatic rings. The highest BCUT2D eigenvalue weighted by atomic mass is 16.5. The molecule has 1 unspecified atom stereocenters. The third-order valence-corrected chi connectivity index (χ3v) is 3.31. The molecule has 3 heteroatoms. The van der Waals surface area contributed by atoms with Crippen LogP contribution in [0.4, 0.5) is 0 Å². The SMILES string of the molecule is COc1ccccc1C1NCCn2cccc21. The van der Waals surface area contributed by atoms with E-state index in [1.165, 1.54) is 11.3 Å². The van der Waals surface area contributed by atoms with E-state index in [1.54, 1.807) is 7.11 Å². The summed E-state index contributed by atoms with van der Waals surface area (Å²) in [6.07, 6.45) is 2.14. The smallest absolute Gasteiger partial charge is 0.124 e. The zero-order valence-electron chi connectivity index (χ0n) is 9.89. The molecule has 0 fully saturated rings. The zero-order chi connectivity index (χ0) is 11.7. The summed E-state index contributed by atoms with van der Waals surface area (Å²) in [7, 11) is 1.72. The van der Waals surface area contributed by atoms with Gasteiger partial charge in [0.2, 0.25) is 0 Å². The van der Waals surface area contributed by atoms with Crippen molar-refractivity contribution in [2.24, 2.45) is 0 Å². The molecule has 1 N–H and O–H groups in total. The molecule has 1 aromatic carbocycles. The predicted octanol–water partition coefficient (Wildman–Crippen LogP) is 2.19. The second-order valence-electron chi connectivity index (χ2n) is 4.26. The molecule has 1 atom stereocenters. The maximum absolute atomic E-state index is 5.44. The molecular formula is C14H16N2O. The van der Waals surface area contributed by atoms with Crippen LogP contribution in [0.15, 0.2) is 42.6 Å². The molecule has 2 aromatic rings. The number of para-hydroxylation sites is 1. The first-order valence-electron chi connectivity index (χ1n) is 5.91. The van der Waals surface area contributed by atoms with Gasteiger partial charge in [-0.1, -0.05) is 18.2 Å². The lowest BCUT2D eigenvalue weighted by Gasteiger charge is -2.27. The molecule has 0 saturated carbocycles. The minimum absolute atomic E-state index is 0.231. The van der Waals surface area contributed by atoms with E-state index in [-0.39, 0.29) is 6.04 Å². The van der Waals surface area contributed by atoms with Crippen LogP contribution in [0.2, 0.25) is 0 Å². The Balaban J connectivity index is 2.06.